The molecule has 1 aliphatic heterocycles. The van der Waals surface area contributed by atoms with Gasteiger partial charge >= 0.3 is 6.36 Å². The van der Waals surface area contributed by atoms with E-state index < -0.39 is 30.0 Å². The van der Waals surface area contributed by atoms with Gasteiger partial charge < -0.3 is 20.7 Å². The third kappa shape index (κ3) is 5.90. The second kappa shape index (κ2) is 9.66. The lowest BCUT2D eigenvalue weighted by atomic mass is 10.0. The first-order valence-electron chi connectivity index (χ1n) is 10.2. The zero-order chi connectivity index (χ0) is 25.2. The van der Waals surface area contributed by atoms with Crippen molar-refractivity contribution in [3.8, 4) is 5.75 Å². The lowest BCUT2D eigenvalue weighted by molar-refractivity contribution is -0.274. The number of rotatable bonds is 6. The smallest absolute Gasteiger partial charge is 0.406 e. The fourth-order valence-electron chi connectivity index (χ4n) is 3.27. The molecule has 1 aromatic carbocycles. The monoisotopic (exact) mass is 506 g/mol. The van der Waals surface area contributed by atoms with Crippen molar-refractivity contribution >= 4 is 40.6 Å². The Kier molecular flexibility index (Phi) is 6.64. The number of hydrogen-bond donors (Lipinski definition) is 3. The summed E-state index contributed by atoms with van der Waals surface area (Å²) in [7, 11) is 0. The number of thiazole rings is 1. The first-order chi connectivity index (χ1) is 16.6. The lowest BCUT2D eigenvalue weighted by Gasteiger charge is -2.18. The third-order valence-corrected chi connectivity index (χ3v) is 5.99. The Hall–Kier alpha value is -4.07. The molecule has 3 amide bonds. The van der Waals surface area contributed by atoms with Gasteiger partial charge in [0.2, 0.25) is 5.91 Å². The van der Waals surface area contributed by atoms with Crippen LogP contribution in [0.4, 0.5) is 24.7 Å². The summed E-state index contributed by atoms with van der Waals surface area (Å²) in [6.07, 6.45) is -1.82. The Morgan fingerprint density at radius 1 is 1.17 bits per heavy atom. The zero-order valence-electron chi connectivity index (χ0n) is 18.0. The molecular weight excluding hydrogens is 489 g/mol. The second-order valence-electron chi connectivity index (χ2n) is 7.39. The van der Waals surface area contributed by atoms with Gasteiger partial charge in [-0.1, -0.05) is 6.07 Å². The maximum absolute atomic E-state index is 12.8. The van der Waals surface area contributed by atoms with Crippen molar-refractivity contribution in [2.45, 2.75) is 32.2 Å². The van der Waals surface area contributed by atoms with Crippen molar-refractivity contribution in [1.82, 2.24) is 20.3 Å². The first-order valence-corrected chi connectivity index (χ1v) is 11.0. The molecule has 0 saturated heterocycles. The molecule has 0 saturated carbocycles. The summed E-state index contributed by atoms with van der Waals surface area (Å²) in [5, 5.41) is 8.27. The summed E-state index contributed by atoms with van der Waals surface area (Å²) < 4.78 is 41.1. The highest BCUT2D eigenvalue weighted by Crippen LogP contribution is 2.27. The average molecular weight is 506 g/mol. The lowest BCUT2D eigenvalue weighted by Crippen LogP contribution is -2.30. The van der Waals surface area contributed by atoms with Gasteiger partial charge in [-0.25, -0.2) is 15.0 Å². The summed E-state index contributed by atoms with van der Waals surface area (Å²) in [6.45, 7) is 1.67. The maximum Gasteiger partial charge on any atom is 0.573 e. The molecule has 3 N–H and O–H groups in total. The standard InChI is InChI=1S/C21H17F3N6O4S/c1-10(28-19(33)16-13-5-6-15(31)30-17(13)27-9-26-16)20-25-8-14(35-20)18(32)29-11-3-2-4-12(7-11)34-21(22,23)24/h2-4,7-10H,5-6H2,1H3,(H,28,33)(H,29,32)(H,26,27,30,31)/t10-/m1/s1. The van der Waals surface area contributed by atoms with Crippen molar-refractivity contribution in [1.29, 1.82) is 0 Å². The Balaban J connectivity index is 1.41. The minimum Gasteiger partial charge on any atom is -0.406 e. The molecule has 0 bridgehead atoms. The van der Waals surface area contributed by atoms with Gasteiger partial charge in [0.25, 0.3) is 11.8 Å². The number of alkyl halides is 3. The number of carbonyl (C=O) groups excluding carboxylic acids is 3. The number of benzene rings is 1. The highest BCUT2D eigenvalue weighted by Gasteiger charge is 2.31. The van der Waals surface area contributed by atoms with E-state index in [0.29, 0.717) is 22.8 Å². The highest BCUT2D eigenvalue weighted by atomic mass is 32.1. The molecule has 3 aromatic rings. The van der Waals surface area contributed by atoms with Gasteiger partial charge in [-0.2, -0.15) is 0 Å². The van der Waals surface area contributed by atoms with E-state index in [1.165, 1.54) is 24.7 Å². The normalized spacial score (nSPS) is 13.9. The Morgan fingerprint density at radius 2 is 1.97 bits per heavy atom. The SMILES string of the molecule is C[C@@H](NC(=O)c1ncnc2c1CCC(=O)N2)c1ncc(C(=O)Nc2cccc(OC(F)(F)F)c2)s1. The molecule has 35 heavy (non-hydrogen) atoms. The van der Waals surface area contributed by atoms with Gasteiger partial charge in [0.05, 0.1) is 12.2 Å². The molecule has 4 rings (SSSR count). The van der Waals surface area contributed by atoms with Gasteiger partial charge in [0.1, 0.15) is 33.5 Å². The van der Waals surface area contributed by atoms with E-state index >= 15 is 0 Å². The summed E-state index contributed by atoms with van der Waals surface area (Å²) in [5.74, 6) is -1.44. The van der Waals surface area contributed by atoms with E-state index in [1.54, 1.807) is 6.92 Å². The predicted molar refractivity (Wildman–Crippen MR) is 118 cm³/mol. The number of anilines is 2. The molecule has 14 heteroatoms. The number of halogens is 3. The van der Waals surface area contributed by atoms with E-state index in [4.69, 9.17) is 0 Å². The van der Waals surface area contributed by atoms with Crippen molar-refractivity contribution in [2.75, 3.05) is 10.6 Å². The minimum absolute atomic E-state index is 0.105. The molecule has 1 atom stereocenters. The van der Waals surface area contributed by atoms with Crippen molar-refractivity contribution in [2.24, 2.45) is 0 Å². The number of aromatic nitrogens is 3. The summed E-state index contributed by atoms with van der Waals surface area (Å²) in [4.78, 5) is 49.3. The van der Waals surface area contributed by atoms with E-state index in [9.17, 15) is 27.6 Å². The number of amides is 3. The zero-order valence-corrected chi connectivity index (χ0v) is 18.8. The van der Waals surface area contributed by atoms with E-state index in [2.05, 4.69) is 35.6 Å². The average Bonchev–Trinajstić information content (AvgIpc) is 3.28. The fourth-order valence-corrected chi connectivity index (χ4v) is 4.08. The van der Waals surface area contributed by atoms with Crippen LogP contribution >= 0.6 is 11.3 Å². The molecular formula is C21H17F3N6O4S. The number of nitrogens with zero attached hydrogens (tertiary/aromatic N) is 3. The van der Waals surface area contributed by atoms with Crippen molar-refractivity contribution in [3.63, 3.8) is 0 Å². The maximum atomic E-state index is 12.8. The highest BCUT2D eigenvalue weighted by molar-refractivity contribution is 7.13. The molecule has 0 spiro atoms. The number of nitrogens with one attached hydrogen (secondary N) is 3. The largest absolute Gasteiger partial charge is 0.573 e. The quantitative estimate of drug-likeness (QED) is 0.466. The second-order valence-corrected chi connectivity index (χ2v) is 8.45. The Morgan fingerprint density at radius 3 is 2.74 bits per heavy atom. The van der Waals surface area contributed by atoms with Crippen LogP contribution in [0.2, 0.25) is 0 Å². The molecule has 182 valence electrons. The van der Waals surface area contributed by atoms with Crippen molar-refractivity contribution in [3.05, 3.63) is 57.9 Å². The van der Waals surface area contributed by atoms with Crippen LogP contribution in [0.1, 0.15) is 50.1 Å². The molecule has 10 nitrogen and oxygen atoms in total. The van der Waals surface area contributed by atoms with Crippen LogP contribution < -0.4 is 20.7 Å². The van der Waals surface area contributed by atoms with Gasteiger partial charge in [0.15, 0.2) is 0 Å². The molecule has 0 aliphatic carbocycles. The van der Waals surface area contributed by atoms with E-state index in [0.717, 1.165) is 23.5 Å². The van der Waals surface area contributed by atoms with Crippen LogP contribution in [-0.2, 0) is 11.2 Å². The number of carbonyl (C=O) groups is 3. The van der Waals surface area contributed by atoms with Crippen LogP contribution in [0.5, 0.6) is 5.75 Å². The Labute approximate surface area is 200 Å². The molecule has 3 heterocycles. The molecule has 0 radical (unpaired) electrons. The minimum atomic E-state index is -4.85. The number of ether oxygens (including phenoxy) is 1. The van der Waals surface area contributed by atoms with E-state index in [1.807, 2.05) is 0 Å². The van der Waals surface area contributed by atoms with E-state index in [-0.39, 0.29) is 28.6 Å². The van der Waals surface area contributed by atoms with Gasteiger partial charge in [-0.3, -0.25) is 14.4 Å². The summed E-state index contributed by atoms with van der Waals surface area (Å²) in [6, 6.07) is 4.30. The van der Waals surface area contributed by atoms with Gasteiger partial charge in [-0.05, 0) is 25.5 Å². The van der Waals surface area contributed by atoms with Crippen LogP contribution in [0.3, 0.4) is 0 Å². The van der Waals surface area contributed by atoms with Crippen LogP contribution in [0, 0.1) is 0 Å². The predicted octanol–water partition coefficient (Wildman–Crippen LogP) is 3.46. The Bertz CT molecular complexity index is 1300. The molecule has 0 unspecified atom stereocenters. The van der Waals surface area contributed by atoms with Gasteiger partial charge in [-0.15, -0.1) is 24.5 Å². The van der Waals surface area contributed by atoms with Gasteiger partial charge in [0, 0.05) is 23.7 Å². The molecule has 0 fully saturated rings. The summed E-state index contributed by atoms with van der Waals surface area (Å²) >= 11 is 1.01. The summed E-state index contributed by atoms with van der Waals surface area (Å²) in [5.41, 5.74) is 0.777. The first kappa shape index (κ1) is 24.1. The van der Waals surface area contributed by atoms with Crippen LogP contribution in [-0.4, -0.2) is 39.0 Å². The van der Waals surface area contributed by atoms with Crippen molar-refractivity contribution < 1.29 is 32.3 Å². The topological polar surface area (TPSA) is 135 Å². The number of hydrogen-bond acceptors (Lipinski definition) is 8. The third-order valence-electron chi connectivity index (χ3n) is 4.81. The number of fused-ring (bicyclic) bond motifs is 1. The fraction of sp³-hybridized carbons (Fsp3) is 0.238. The molecule has 2 aromatic heterocycles. The molecule has 1 aliphatic rings. The van der Waals surface area contributed by atoms with Crippen LogP contribution in [0.15, 0.2) is 36.8 Å². The van der Waals surface area contributed by atoms with Crippen LogP contribution in [0.25, 0.3) is 0 Å².